The summed E-state index contributed by atoms with van der Waals surface area (Å²) in [6.07, 6.45) is 0.761. The van der Waals surface area contributed by atoms with Crippen LogP contribution in [0.25, 0.3) is 0 Å². The summed E-state index contributed by atoms with van der Waals surface area (Å²) in [5.74, 6) is 0.324. The van der Waals surface area contributed by atoms with Gasteiger partial charge in [0.1, 0.15) is 0 Å². The molecular formula is C14H22N2O4. The van der Waals surface area contributed by atoms with E-state index < -0.39 is 4.92 Å². The number of benzene rings is 1. The molecule has 0 amide bonds. The van der Waals surface area contributed by atoms with Crippen LogP contribution in [-0.2, 0) is 11.3 Å². The predicted molar refractivity (Wildman–Crippen MR) is 77.1 cm³/mol. The van der Waals surface area contributed by atoms with Gasteiger partial charge in [-0.25, -0.2) is 0 Å². The van der Waals surface area contributed by atoms with E-state index >= 15 is 0 Å². The molecular weight excluding hydrogens is 260 g/mol. The molecule has 0 saturated carbocycles. The SMILES string of the molecule is CCC(C)Oc1ccc(CNCCOC)cc1[N+](=O)[O-]. The summed E-state index contributed by atoms with van der Waals surface area (Å²) in [4.78, 5) is 10.7. The Morgan fingerprint density at radius 3 is 2.80 bits per heavy atom. The van der Waals surface area contributed by atoms with E-state index in [4.69, 9.17) is 9.47 Å². The lowest BCUT2D eigenvalue weighted by atomic mass is 10.2. The molecule has 1 atom stereocenters. The molecule has 0 bridgehead atoms. The van der Waals surface area contributed by atoms with Gasteiger partial charge < -0.3 is 14.8 Å². The van der Waals surface area contributed by atoms with Crippen LogP contribution >= 0.6 is 0 Å². The maximum Gasteiger partial charge on any atom is 0.311 e. The molecule has 0 fully saturated rings. The van der Waals surface area contributed by atoms with Crippen LogP contribution in [0.15, 0.2) is 18.2 Å². The van der Waals surface area contributed by atoms with Crippen molar-refractivity contribution in [2.75, 3.05) is 20.3 Å². The van der Waals surface area contributed by atoms with E-state index in [0.29, 0.717) is 25.4 Å². The fraction of sp³-hybridized carbons (Fsp3) is 0.571. The molecule has 1 aromatic carbocycles. The molecule has 6 heteroatoms. The highest BCUT2D eigenvalue weighted by molar-refractivity contribution is 5.48. The smallest absolute Gasteiger partial charge is 0.311 e. The predicted octanol–water partition coefficient (Wildman–Crippen LogP) is 2.51. The van der Waals surface area contributed by atoms with Crippen molar-refractivity contribution in [3.05, 3.63) is 33.9 Å². The molecule has 0 aliphatic rings. The Morgan fingerprint density at radius 2 is 2.20 bits per heavy atom. The van der Waals surface area contributed by atoms with Crippen LogP contribution in [0.3, 0.4) is 0 Å². The zero-order chi connectivity index (χ0) is 15.0. The lowest BCUT2D eigenvalue weighted by molar-refractivity contribution is -0.386. The molecule has 0 aliphatic carbocycles. The zero-order valence-electron chi connectivity index (χ0n) is 12.2. The fourth-order valence-corrected chi connectivity index (χ4v) is 1.62. The Labute approximate surface area is 119 Å². The Morgan fingerprint density at radius 1 is 1.45 bits per heavy atom. The van der Waals surface area contributed by atoms with Crippen LogP contribution in [-0.4, -0.2) is 31.3 Å². The molecule has 1 aromatic rings. The molecule has 1 unspecified atom stereocenters. The van der Waals surface area contributed by atoms with Crippen molar-refractivity contribution in [2.45, 2.75) is 32.9 Å². The van der Waals surface area contributed by atoms with Crippen molar-refractivity contribution in [3.63, 3.8) is 0 Å². The van der Waals surface area contributed by atoms with Crippen molar-refractivity contribution in [3.8, 4) is 5.75 Å². The summed E-state index contributed by atoms with van der Waals surface area (Å²) in [5.41, 5.74) is 0.862. The van der Waals surface area contributed by atoms with Gasteiger partial charge in [-0.05, 0) is 25.0 Å². The first-order chi connectivity index (χ1) is 9.58. The highest BCUT2D eigenvalue weighted by Gasteiger charge is 2.17. The third kappa shape index (κ3) is 5.14. The van der Waals surface area contributed by atoms with Crippen molar-refractivity contribution in [1.82, 2.24) is 5.32 Å². The highest BCUT2D eigenvalue weighted by Crippen LogP contribution is 2.29. The quantitative estimate of drug-likeness (QED) is 0.428. The molecule has 1 N–H and O–H groups in total. The Bertz CT molecular complexity index is 437. The zero-order valence-corrected chi connectivity index (χ0v) is 12.2. The Balaban J connectivity index is 2.76. The van der Waals surface area contributed by atoms with E-state index in [0.717, 1.165) is 12.0 Å². The molecule has 1 rings (SSSR count). The molecule has 0 radical (unpaired) electrons. The summed E-state index contributed by atoms with van der Waals surface area (Å²) < 4.78 is 10.5. The summed E-state index contributed by atoms with van der Waals surface area (Å²) in [6, 6.07) is 5.06. The molecule has 0 heterocycles. The molecule has 0 aromatic heterocycles. The first kappa shape index (κ1) is 16.4. The molecule has 112 valence electrons. The van der Waals surface area contributed by atoms with Crippen LogP contribution in [0, 0.1) is 10.1 Å². The van der Waals surface area contributed by atoms with Crippen molar-refractivity contribution in [1.29, 1.82) is 0 Å². The van der Waals surface area contributed by atoms with Gasteiger partial charge in [0.2, 0.25) is 0 Å². The summed E-state index contributed by atoms with van der Waals surface area (Å²) in [5, 5.41) is 14.3. The topological polar surface area (TPSA) is 73.6 Å². The average Bonchev–Trinajstić information content (AvgIpc) is 2.44. The minimum absolute atomic E-state index is 0.0105. The number of nitrogens with one attached hydrogen (secondary N) is 1. The second-order valence-corrected chi connectivity index (χ2v) is 4.57. The van der Waals surface area contributed by atoms with Gasteiger partial charge in [-0.15, -0.1) is 0 Å². The van der Waals surface area contributed by atoms with Crippen molar-refractivity contribution >= 4 is 5.69 Å². The van der Waals surface area contributed by atoms with E-state index in [9.17, 15) is 10.1 Å². The number of nitro benzene ring substituents is 1. The molecule has 0 spiro atoms. The molecule has 0 saturated heterocycles. The van der Waals surface area contributed by atoms with Gasteiger partial charge in [0.15, 0.2) is 5.75 Å². The van der Waals surface area contributed by atoms with Crippen LogP contribution in [0.5, 0.6) is 5.75 Å². The lowest BCUT2D eigenvalue weighted by Crippen LogP contribution is -2.18. The van der Waals surface area contributed by atoms with Crippen LogP contribution in [0.2, 0.25) is 0 Å². The van der Waals surface area contributed by atoms with E-state index in [1.807, 2.05) is 19.9 Å². The fourth-order valence-electron chi connectivity index (χ4n) is 1.62. The number of hydrogen-bond donors (Lipinski definition) is 1. The normalized spacial score (nSPS) is 12.2. The van der Waals surface area contributed by atoms with Crippen LogP contribution in [0.1, 0.15) is 25.8 Å². The van der Waals surface area contributed by atoms with Crippen molar-refractivity contribution in [2.24, 2.45) is 0 Å². The first-order valence-corrected chi connectivity index (χ1v) is 6.72. The maximum atomic E-state index is 11.1. The molecule has 20 heavy (non-hydrogen) atoms. The van der Waals surface area contributed by atoms with E-state index in [1.165, 1.54) is 0 Å². The monoisotopic (exact) mass is 282 g/mol. The van der Waals surface area contributed by atoms with Gasteiger partial charge in [-0.3, -0.25) is 10.1 Å². The van der Waals surface area contributed by atoms with Gasteiger partial charge in [0.05, 0.1) is 17.6 Å². The van der Waals surface area contributed by atoms with E-state index in [-0.39, 0.29) is 11.8 Å². The van der Waals surface area contributed by atoms with E-state index in [1.54, 1.807) is 19.2 Å². The lowest BCUT2D eigenvalue weighted by Gasteiger charge is -2.13. The highest BCUT2D eigenvalue weighted by atomic mass is 16.6. The number of hydrogen-bond acceptors (Lipinski definition) is 5. The van der Waals surface area contributed by atoms with Crippen LogP contribution < -0.4 is 10.1 Å². The minimum Gasteiger partial charge on any atom is -0.484 e. The summed E-state index contributed by atoms with van der Waals surface area (Å²) >= 11 is 0. The van der Waals surface area contributed by atoms with Gasteiger partial charge >= 0.3 is 5.69 Å². The number of nitro groups is 1. The Kier molecular flexibility index (Phi) is 6.97. The minimum atomic E-state index is -0.406. The van der Waals surface area contributed by atoms with Gasteiger partial charge in [0.25, 0.3) is 0 Å². The standard InChI is InChI=1S/C14H22N2O4/c1-4-11(2)20-14-6-5-12(9-13(14)16(17)18)10-15-7-8-19-3/h5-6,9,11,15H,4,7-8,10H2,1-3H3. The number of methoxy groups -OCH3 is 1. The third-order valence-electron chi connectivity index (χ3n) is 2.94. The summed E-state index contributed by atoms with van der Waals surface area (Å²) in [7, 11) is 1.63. The summed E-state index contributed by atoms with van der Waals surface area (Å²) in [6.45, 7) is 5.75. The van der Waals surface area contributed by atoms with Gasteiger partial charge in [-0.1, -0.05) is 13.0 Å². The Hall–Kier alpha value is -1.66. The van der Waals surface area contributed by atoms with Crippen molar-refractivity contribution < 1.29 is 14.4 Å². The number of nitrogens with zero attached hydrogens (tertiary/aromatic N) is 1. The average molecular weight is 282 g/mol. The first-order valence-electron chi connectivity index (χ1n) is 6.72. The second kappa shape index (κ2) is 8.50. The molecule has 0 aliphatic heterocycles. The maximum absolute atomic E-state index is 11.1. The molecule has 6 nitrogen and oxygen atoms in total. The van der Waals surface area contributed by atoms with Crippen LogP contribution in [0.4, 0.5) is 5.69 Å². The third-order valence-corrected chi connectivity index (χ3v) is 2.94. The van der Waals surface area contributed by atoms with Gasteiger partial charge in [-0.2, -0.15) is 0 Å². The second-order valence-electron chi connectivity index (χ2n) is 4.57. The number of rotatable bonds is 9. The van der Waals surface area contributed by atoms with E-state index in [2.05, 4.69) is 5.32 Å². The van der Waals surface area contributed by atoms with Gasteiger partial charge in [0, 0.05) is 26.3 Å². The number of ether oxygens (including phenoxy) is 2. The largest absolute Gasteiger partial charge is 0.484 e.